The Bertz CT molecular complexity index is 638. The van der Waals surface area contributed by atoms with Crippen molar-refractivity contribution in [2.24, 2.45) is 0 Å². The number of ether oxygens (including phenoxy) is 1. The van der Waals surface area contributed by atoms with Crippen LogP contribution in [-0.2, 0) is 22.5 Å². The van der Waals surface area contributed by atoms with Gasteiger partial charge in [-0.2, -0.15) is 0 Å². The second-order valence-electron chi connectivity index (χ2n) is 5.76. The molecule has 0 N–H and O–H groups in total. The van der Waals surface area contributed by atoms with Crippen molar-refractivity contribution < 1.29 is 13.9 Å². The van der Waals surface area contributed by atoms with Crippen LogP contribution in [0.4, 0.5) is 4.39 Å². The molecule has 3 nitrogen and oxygen atoms in total. The van der Waals surface area contributed by atoms with Gasteiger partial charge in [-0.25, -0.2) is 4.39 Å². The van der Waals surface area contributed by atoms with Crippen LogP contribution >= 0.6 is 11.3 Å². The molecule has 122 valence electrons. The maximum absolute atomic E-state index is 13.8. The van der Waals surface area contributed by atoms with Crippen LogP contribution in [0.15, 0.2) is 41.8 Å². The van der Waals surface area contributed by atoms with Gasteiger partial charge < -0.3 is 9.64 Å². The van der Waals surface area contributed by atoms with Crippen molar-refractivity contribution in [1.82, 2.24) is 4.90 Å². The molecule has 0 saturated carbocycles. The number of amides is 1. The molecule has 2 heterocycles. The number of thiophene rings is 1. The van der Waals surface area contributed by atoms with Gasteiger partial charge in [0.1, 0.15) is 5.82 Å². The molecule has 1 aromatic carbocycles. The zero-order valence-corrected chi connectivity index (χ0v) is 13.7. The van der Waals surface area contributed by atoms with E-state index in [1.807, 2.05) is 17.5 Å². The number of halogens is 1. The Morgan fingerprint density at radius 3 is 2.87 bits per heavy atom. The summed E-state index contributed by atoms with van der Waals surface area (Å²) in [5.41, 5.74) is 0.445. The minimum atomic E-state index is -0.325. The molecule has 1 unspecified atom stereocenters. The molecule has 0 spiro atoms. The zero-order valence-electron chi connectivity index (χ0n) is 12.9. The van der Waals surface area contributed by atoms with Gasteiger partial charge in [-0.3, -0.25) is 4.79 Å². The smallest absolute Gasteiger partial charge is 0.227 e. The maximum Gasteiger partial charge on any atom is 0.227 e. The van der Waals surface area contributed by atoms with Crippen LogP contribution in [0.25, 0.3) is 0 Å². The van der Waals surface area contributed by atoms with Gasteiger partial charge >= 0.3 is 0 Å². The fourth-order valence-corrected chi connectivity index (χ4v) is 3.52. The first-order valence-corrected chi connectivity index (χ1v) is 8.75. The van der Waals surface area contributed by atoms with Crippen LogP contribution in [0.2, 0.25) is 0 Å². The van der Waals surface area contributed by atoms with E-state index < -0.39 is 0 Å². The van der Waals surface area contributed by atoms with Gasteiger partial charge in [0, 0.05) is 18.0 Å². The molecule has 3 rings (SSSR count). The van der Waals surface area contributed by atoms with Crippen molar-refractivity contribution in [2.75, 3.05) is 13.2 Å². The monoisotopic (exact) mass is 333 g/mol. The van der Waals surface area contributed by atoms with Crippen molar-refractivity contribution in [3.8, 4) is 0 Å². The highest BCUT2D eigenvalue weighted by molar-refractivity contribution is 7.09. The Morgan fingerprint density at radius 2 is 2.17 bits per heavy atom. The van der Waals surface area contributed by atoms with Crippen LogP contribution in [0.5, 0.6) is 0 Å². The van der Waals surface area contributed by atoms with Gasteiger partial charge in [-0.15, -0.1) is 11.3 Å². The standard InChI is InChI=1S/C18H20FNO2S/c19-17-8-2-1-5-14(17)11-18(21)20(12-15-6-3-9-22-15)13-16-7-4-10-23-16/h1-2,4-5,7-8,10,15H,3,6,9,11-13H2. The Morgan fingerprint density at radius 1 is 1.30 bits per heavy atom. The van der Waals surface area contributed by atoms with Crippen molar-refractivity contribution in [3.05, 3.63) is 58.0 Å². The summed E-state index contributed by atoms with van der Waals surface area (Å²) in [7, 11) is 0. The van der Waals surface area contributed by atoms with Crippen LogP contribution in [0.3, 0.4) is 0 Å². The Balaban J connectivity index is 1.70. The number of hydrogen-bond acceptors (Lipinski definition) is 3. The van der Waals surface area contributed by atoms with Crippen LogP contribution in [0.1, 0.15) is 23.3 Å². The number of benzene rings is 1. The van der Waals surface area contributed by atoms with Crippen LogP contribution in [0, 0.1) is 5.82 Å². The third kappa shape index (κ3) is 4.39. The molecule has 2 aromatic rings. The van der Waals surface area contributed by atoms with E-state index >= 15 is 0 Å². The van der Waals surface area contributed by atoms with E-state index in [4.69, 9.17) is 4.74 Å². The summed E-state index contributed by atoms with van der Waals surface area (Å²) >= 11 is 1.63. The van der Waals surface area contributed by atoms with Crippen molar-refractivity contribution in [3.63, 3.8) is 0 Å². The highest BCUT2D eigenvalue weighted by Gasteiger charge is 2.23. The van der Waals surface area contributed by atoms with Gasteiger partial charge in [-0.1, -0.05) is 24.3 Å². The van der Waals surface area contributed by atoms with Gasteiger partial charge in [-0.05, 0) is 35.9 Å². The number of carbonyl (C=O) groups is 1. The summed E-state index contributed by atoms with van der Waals surface area (Å²) < 4.78 is 19.5. The summed E-state index contributed by atoms with van der Waals surface area (Å²) in [5.74, 6) is -0.381. The van der Waals surface area contributed by atoms with Gasteiger partial charge in [0.2, 0.25) is 5.91 Å². The third-order valence-electron chi connectivity index (χ3n) is 4.03. The topological polar surface area (TPSA) is 29.5 Å². The Labute approximate surface area is 139 Å². The summed E-state index contributed by atoms with van der Waals surface area (Å²) in [5, 5.41) is 2.00. The van der Waals surface area contributed by atoms with Gasteiger partial charge in [0.15, 0.2) is 0 Å². The largest absolute Gasteiger partial charge is 0.376 e. The SMILES string of the molecule is O=C(Cc1ccccc1F)N(Cc1cccs1)CC1CCCO1. The molecule has 1 aliphatic heterocycles. The van der Waals surface area contributed by atoms with Crippen LogP contribution < -0.4 is 0 Å². The highest BCUT2D eigenvalue weighted by Crippen LogP contribution is 2.18. The summed E-state index contributed by atoms with van der Waals surface area (Å²) in [4.78, 5) is 15.6. The summed E-state index contributed by atoms with van der Waals surface area (Å²) in [6.07, 6.45) is 2.21. The lowest BCUT2D eigenvalue weighted by molar-refractivity contribution is -0.132. The van der Waals surface area contributed by atoms with E-state index in [-0.39, 0.29) is 24.2 Å². The second-order valence-corrected chi connectivity index (χ2v) is 6.79. The fourth-order valence-electron chi connectivity index (χ4n) is 2.80. The molecular weight excluding hydrogens is 313 g/mol. The van der Waals surface area contributed by atoms with E-state index in [9.17, 15) is 9.18 Å². The molecule has 1 fully saturated rings. The van der Waals surface area contributed by atoms with Crippen molar-refractivity contribution in [1.29, 1.82) is 0 Å². The summed E-state index contributed by atoms with van der Waals surface area (Å²) in [6.45, 7) is 1.90. The minimum absolute atomic E-state index is 0.0565. The van der Waals surface area contributed by atoms with Gasteiger partial charge in [0.25, 0.3) is 0 Å². The van der Waals surface area contributed by atoms with Gasteiger partial charge in [0.05, 0.1) is 19.1 Å². The average Bonchev–Trinajstić information content (AvgIpc) is 3.22. The summed E-state index contributed by atoms with van der Waals surface area (Å²) in [6, 6.07) is 10.5. The number of carbonyl (C=O) groups excluding carboxylic acids is 1. The average molecular weight is 333 g/mol. The second kappa shape index (κ2) is 7.70. The molecular formula is C18H20FNO2S. The molecule has 0 radical (unpaired) electrons. The van der Waals surface area contributed by atoms with E-state index in [1.165, 1.54) is 6.07 Å². The Kier molecular flexibility index (Phi) is 5.41. The molecule has 1 aliphatic rings. The normalized spacial score (nSPS) is 17.3. The maximum atomic E-state index is 13.8. The first kappa shape index (κ1) is 16.1. The molecule has 1 amide bonds. The molecule has 1 aromatic heterocycles. The predicted molar refractivity (Wildman–Crippen MR) is 88.8 cm³/mol. The van der Waals surface area contributed by atoms with Crippen molar-refractivity contribution in [2.45, 2.75) is 31.9 Å². The molecule has 1 atom stereocenters. The lowest BCUT2D eigenvalue weighted by atomic mass is 10.1. The quantitative estimate of drug-likeness (QED) is 0.808. The van der Waals surface area contributed by atoms with E-state index in [1.54, 1.807) is 34.4 Å². The molecule has 0 bridgehead atoms. The lowest BCUT2D eigenvalue weighted by Gasteiger charge is -2.25. The molecule has 23 heavy (non-hydrogen) atoms. The lowest BCUT2D eigenvalue weighted by Crippen LogP contribution is -2.37. The fraction of sp³-hybridized carbons (Fsp3) is 0.389. The van der Waals surface area contributed by atoms with Crippen molar-refractivity contribution >= 4 is 17.2 Å². The predicted octanol–water partition coefficient (Wildman–Crippen LogP) is 3.64. The van der Waals surface area contributed by atoms with Crippen LogP contribution in [-0.4, -0.2) is 30.1 Å². The molecule has 5 heteroatoms. The first-order chi connectivity index (χ1) is 11.2. The van der Waals surface area contributed by atoms with E-state index in [2.05, 4.69) is 0 Å². The number of rotatable bonds is 6. The Hall–Kier alpha value is -1.72. The first-order valence-electron chi connectivity index (χ1n) is 7.87. The highest BCUT2D eigenvalue weighted by atomic mass is 32.1. The molecule has 1 saturated heterocycles. The molecule has 0 aliphatic carbocycles. The number of hydrogen-bond donors (Lipinski definition) is 0. The zero-order chi connectivity index (χ0) is 16.1. The third-order valence-corrected chi connectivity index (χ3v) is 4.89. The van der Waals surface area contributed by atoms with E-state index in [0.29, 0.717) is 18.7 Å². The van der Waals surface area contributed by atoms with E-state index in [0.717, 1.165) is 24.3 Å². The minimum Gasteiger partial charge on any atom is -0.376 e. The number of nitrogens with zero attached hydrogens (tertiary/aromatic N) is 1.